The van der Waals surface area contributed by atoms with Crippen LogP contribution in [0.4, 0.5) is 0 Å². The van der Waals surface area contributed by atoms with E-state index in [0.29, 0.717) is 5.92 Å². The monoisotopic (exact) mass is 219 g/mol. The molecular formula is C13H21N3. The van der Waals surface area contributed by atoms with Gasteiger partial charge in [-0.2, -0.15) is 0 Å². The van der Waals surface area contributed by atoms with Gasteiger partial charge in [-0.1, -0.05) is 19.3 Å². The first kappa shape index (κ1) is 10.3. The van der Waals surface area contributed by atoms with E-state index in [9.17, 15) is 0 Å². The van der Waals surface area contributed by atoms with Crippen molar-refractivity contribution in [1.82, 2.24) is 9.97 Å². The second-order valence-corrected chi connectivity index (χ2v) is 5.53. The highest BCUT2D eigenvalue weighted by Crippen LogP contribution is 2.38. The third kappa shape index (κ3) is 1.67. The fourth-order valence-electron chi connectivity index (χ4n) is 3.00. The molecule has 1 aromatic heterocycles. The minimum Gasteiger partial charge on any atom is -0.344 e. The van der Waals surface area contributed by atoms with Gasteiger partial charge in [0.2, 0.25) is 0 Å². The summed E-state index contributed by atoms with van der Waals surface area (Å²) in [5, 5.41) is 0. The van der Waals surface area contributed by atoms with Gasteiger partial charge in [-0.25, -0.2) is 4.98 Å². The lowest BCUT2D eigenvalue weighted by Crippen LogP contribution is -2.44. The molecule has 2 aliphatic carbocycles. The van der Waals surface area contributed by atoms with E-state index >= 15 is 0 Å². The predicted octanol–water partition coefficient (Wildman–Crippen LogP) is 2.80. The van der Waals surface area contributed by atoms with Crippen LogP contribution in [0, 0.1) is 0 Å². The average Bonchev–Trinajstić information content (AvgIpc) is 2.77. The van der Waals surface area contributed by atoms with Crippen molar-refractivity contribution < 1.29 is 0 Å². The molecule has 0 spiro atoms. The number of nitrogens with two attached hydrogens (primary N) is 1. The Morgan fingerprint density at radius 1 is 1.19 bits per heavy atom. The van der Waals surface area contributed by atoms with Crippen LogP contribution in [0.1, 0.15) is 68.8 Å². The first-order valence-electron chi connectivity index (χ1n) is 6.62. The average molecular weight is 219 g/mol. The summed E-state index contributed by atoms with van der Waals surface area (Å²) >= 11 is 0. The van der Waals surface area contributed by atoms with Crippen molar-refractivity contribution in [3.05, 3.63) is 17.7 Å². The summed E-state index contributed by atoms with van der Waals surface area (Å²) < 4.78 is 0. The minimum absolute atomic E-state index is 0.132. The van der Waals surface area contributed by atoms with Crippen LogP contribution >= 0.6 is 0 Å². The van der Waals surface area contributed by atoms with Crippen LogP contribution in [0.2, 0.25) is 0 Å². The molecule has 1 aromatic rings. The number of nitrogens with zero attached hydrogens (tertiary/aromatic N) is 1. The standard InChI is InChI=1S/C13H21N3/c14-13(7-4-8-13)12-15-9-11(16-12)10-5-2-1-3-6-10/h9-10H,1-8,14H2,(H,15,16). The SMILES string of the molecule is NC1(c2ncc(C3CCCCC3)[nH]2)CCC1. The van der Waals surface area contributed by atoms with E-state index in [4.69, 9.17) is 5.73 Å². The molecule has 2 aliphatic rings. The topological polar surface area (TPSA) is 54.7 Å². The Morgan fingerprint density at radius 2 is 1.94 bits per heavy atom. The van der Waals surface area contributed by atoms with Crippen molar-refractivity contribution in [2.24, 2.45) is 5.73 Å². The fourth-order valence-corrected chi connectivity index (χ4v) is 3.00. The predicted molar refractivity (Wildman–Crippen MR) is 64.1 cm³/mol. The summed E-state index contributed by atoms with van der Waals surface area (Å²) in [6, 6.07) is 0. The highest BCUT2D eigenvalue weighted by Gasteiger charge is 2.37. The van der Waals surface area contributed by atoms with Gasteiger partial charge in [-0.15, -0.1) is 0 Å². The van der Waals surface area contributed by atoms with Gasteiger partial charge in [-0.3, -0.25) is 0 Å². The molecule has 0 amide bonds. The van der Waals surface area contributed by atoms with Crippen molar-refractivity contribution in [3.63, 3.8) is 0 Å². The van der Waals surface area contributed by atoms with Gasteiger partial charge in [0.25, 0.3) is 0 Å². The molecule has 0 aromatic carbocycles. The van der Waals surface area contributed by atoms with Crippen molar-refractivity contribution >= 4 is 0 Å². The highest BCUT2D eigenvalue weighted by molar-refractivity contribution is 5.16. The molecule has 0 aliphatic heterocycles. The summed E-state index contributed by atoms with van der Waals surface area (Å²) in [4.78, 5) is 7.99. The number of nitrogens with one attached hydrogen (secondary N) is 1. The van der Waals surface area contributed by atoms with Crippen molar-refractivity contribution in [2.75, 3.05) is 0 Å². The highest BCUT2D eigenvalue weighted by atomic mass is 15.0. The molecule has 2 fully saturated rings. The largest absolute Gasteiger partial charge is 0.344 e. The van der Waals surface area contributed by atoms with Crippen LogP contribution in [-0.2, 0) is 5.54 Å². The molecule has 0 bridgehead atoms. The van der Waals surface area contributed by atoms with Crippen molar-refractivity contribution in [1.29, 1.82) is 0 Å². The van der Waals surface area contributed by atoms with Gasteiger partial charge in [0.15, 0.2) is 0 Å². The van der Waals surface area contributed by atoms with Gasteiger partial charge in [0.05, 0.1) is 5.54 Å². The van der Waals surface area contributed by atoms with Gasteiger partial charge in [-0.05, 0) is 32.1 Å². The third-order valence-electron chi connectivity index (χ3n) is 4.36. The summed E-state index contributed by atoms with van der Waals surface area (Å²) in [7, 11) is 0. The van der Waals surface area contributed by atoms with E-state index < -0.39 is 0 Å². The zero-order valence-corrected chi connectivity index (χ0v) is 9.84. The number of H-pyrrole nitrogens is 1. The number of aromatic amines is 1. The number of rotatable bonds is 2. The van der Waals surface area contributed by atoms with E-state index in [1.54, 1.807) is 0 Å². The third-order valence-corrected chi connectivity index (χ3v) is 4.36. The molecule has 0 radical (unpaired) electrons. The van der Waals surface area contributed by atoms with E-state index in [1.807, 2.05) is 6.20 Å². The maximum absolute atomic E-state index is 6.27. The second-order valence-electron chi connectivity index (χ2n) is 5.53. The fraction of sp³-hybridized carbons (Fsp3) is 0.769. The van der Waals surface area contributed by atoms with Crippen LogP contribution in [0.5, 0.6) is 0 Å². The lowest BCUT2D eigenvalue weighted by atomic mass is 9.77. The van der Waals surface area contributed by atoms with Gasteiger partial charge in [0, 0.05) is 17.8 Å². The Bertz CT molecular complexity index is 359. The molecule has 88 valence electrons. The normalized spacial score (nSPS) is 25.3. The number of imidazole rings is 1. The molecule has 0 unspecified atom stereocenters. The van der Waals surface area contributed by atoms with Crippen LogP contribution in [0.15, 0.2) is 6.20 Å². The molecule has 16 heavy (non-hydrogen) atoms. The van der Waals surface area contributed by atoms with E-state index in [2.05, 4.69) is 9.97 Å². The minimum atomic E-state index is -0.132. The Labute approximate surface area is 96.8 Å². The Kier molecular flexibility index (Phi) is 2.51. The zero-order chi connectivity index (χ0) is 11.0. The maximum atomic E-state index is 6.27. The smallest absolute Gasteiger partial charge is 0.126 e. The van der Waals surface area contributed by atoms with E-state index in [-0.39, 0.29) is 5.54 Å². The van der Waals surface area contributed by atoms with Crippen LogP contribution in [0.3, 0.4) is 0 Å². The number of aromatic nitrogens is 2. The summed E-state index contributed by atoms with van der Waals surface area (Å²) in [6.07, 6.45) is 12.2. The van der Waals surface area contributed by atoms with E-state index in [0.717, 1.165) is 18.7 Å². The summed E-state index contributed by atoms with van der Waals surface area (Å²) in [6.45, 7) is 0. The molecule has 2 saturated carbocycles. The molecule has 3 rings (SSSR count). The Hall–Kier alpha value is -0.830. The quantitative estimate of drug-likeness (QED) is 0.803. The van der Waals surface area contributed by atoms with Crippen LogP contribution < -0.4 is 5.73 Å². The first-order chi connectivity index (χ1) is 7.78. The van der Waals surface area contributed by atoms with Crippen LogP contribution in [0.25, 0.3) is 0 Å². The zero-order valence-electron chi connectivity index (χ0n) is 9.84. The Balaban J connectivity index is 1.76. The van der Waals surface area contributed by atoms with Gasteiger partial charge < -0.3 is 10.7 Å². The van der Waals surface area contributed by atoms with Crippen molar-refractivity contribution in [2.45, 2.75) is 62.8 Å². The molecule has 0 saturated heterocycles. The molecule has 3 nitrogen and oxygen atoms in total. The first-order valence-corrected chi connectivity index (χ1v) is 6.62. The lowest BCUT2D eigenvalue weighted by molar-refractivity contribution is 0.239. The van der Waals surface area contributed by atoms with Gasteiger partial charge in [0.1, 0.15) is 5.82 Å². The van der Waals surface area contributed by atoms with E-state index in [1.165, 1.54) is 44.2 Å². The summed E-state index contributed by atoms with van der Waals surface area (Å²) in [5.74, 6) is 1.73. The number of hydrogen-bond acceptors (Lipinski definition) is 2. The Morgan fingerprint density at radius 3 is 2.56 bits per heavy atom. The number of hydrogen-bond donors (Lipinski definition) is 2. The second kappa shape index (κ2) is 3.88. The molecule has 3 heteroatoms. The summed E-state index contributed by atoms with van der Waals surface area (Å²) in [5.41, 5.74) is 7.47. The lowest BCUT2D eigenvalue weighted by Gasteiger charge is -2.36. The molecule has 1 heterocycles. The van der Waals surface area contributed by atoms with Crippen LogP contribution in [-0.4, -0.2) is 9.97 Å². The van der Waals surface area contributed by atoms with Crippen molar-refractivity contribution in [3.8, 4) is 0 Å². The maximum Gasteiger partial charge on any atom is 0.126 e. The van der Waals surface area contributed by atoms with Gasteiger partial charge >= 0.3 is 0 Å². The molecular weight excluding hydrogens is 198 g/mol. The molecule has 3 N–H and O–H groups in total. The molecule has 0 atom stereocenters.